The van der Waals surface area contributed by atoms with Crippen molar-refractivity contribution in [3.05, 3.63) is 94.8 Å². The van der Waals surface area contributed by atoms with Gasteiger partial charge in [0.15, 0.2) is 0 Å². The maximum Gasteiger partial charge on any atom is 0.264 e. The monoisotopic (exact) mass is 599 g/mol. The van der Waals surface area contributed by atoms with Crippen LogP contribution >= 0.6 is 11.6 Å². The first-order chi connectivity index (χ1) is 19.6. The number of anilines is 1. The van der Waals surface area contributed by atoms with Gasteiger partial charge < -0.3 is 10.2 Å². The molecule has 1 atom stereocenters. The first-order valence-electron chi connectivity index (χ1n) is 13.8. The summed E-state index contributed by atoms with van der Waals surface area (Å²) in [4.78, 5) is 29.0. The Morgan fingerprint density at radius 1 is 1.02 bits per heavy atom. The van der Waals surface area contributed by atoms with Crippen molar-refractivity contribution < 1.29 is 22.4 Å². The Labute approximate surface area is 246 Å². The molecule has 218 valence electrons. The Morgan fingerprint density at radius 3 is 2.29 bits per heavy atom. The number of sulfonamides is 1. The molecule has 0 heterocycles. The van der Waals surface area contributed by atoms with E-state index in [0.29, 0.717) is 6.42 Å². The summed E-state index contributed by atoms with van der Waals surface area (Å²) in [6.45, 7) is 3.28. The Morgan fingerprint density at radius 2 is 1.68 bits per heavy atom. The van der Waals surface area contributed by atoms with Crippen LogP contribution in [0.25, 0.3) is 0 Å². The Hall–Kier alpha value is -3.43. The number of carbonyl (C=O) groups excluding carboxylic acids is 2. The Kier molecular flexibility index (Phi) is 10.0. The quantitative estimate of drug-likeness (QED) is 0.300. The fourth-order valence-corrected chi connectivity index (χ4v) is 6.67. The largest absolute Gasteiger partial charge is 0.352 e. The van der Waals surface area contributed by atoms with Gasteiger partial charge in [0.25, 0.3) is 10.0 Å². The summed E-state index contributed by atoms with van der Waals surface area (Å²) in [6.07, 6.45) is 4.20. The topological polar surface area (TPSA) is 86.8 Å². The zero-order chi connectivity index (χ0) is 29.6. The molecule has 1 aliphatic rings. The molecule has 3 aromatic carbocycles. The maximum atomic E-state index is 14.1. The third-order valence-corrected chi connectivity index (χ3v) is 9.44. The lowest BCUT2D eigenvalue weighted by Gasteiger charge is -2.33. The van der Waals surface area contributed by atoms with Gasteiger partial charge >= 0.3 is 0 Å². The SMILES string of the molecule is CC[C@@H](C(=O)NC1CCCC1)N(Cc1ccc(C)cc1)C(=O)CN(c1ccc(F)c(Cl)c1)S(=O)(=O)c1ccccc1. The number of nitrogens with one attached hydrogen (secondary N) is 1. The summed E-state index contributed by atoms with van der Waals surface area (Å²) >= 11 is 6.02. The van der Waals surface area contributed by atoms with Gasteiger partial charge in [0.05, 0.1) is 15.6 Å². The first-order valence-corrected chi connectivity index (χ1v) is 15.6. The number of benzene rings is 3. The lowest BCUT2D eigenvalue weighted by Crippen LogP contribution is -2.53. The van der Waals surface area contributed by atoms with Crippen molar-refractivity contribution >= 4 is 39.1 Å². The van der Waals surface area contributed by atoms with Crippen molar-refractivity contribution in [2.24, 2.45) is 0 Å². The van der Waals surface area contributed by atoms with Gasteiger partial charge in [-0.1, -0.05) is 79.4 Å². The molecule has 0 bridgehead atoms. The predicted molar refractivity (Wildman–Crippen MR) is 159 cm³/mol. The van der Waals surface area contributed by atoms with Crippen molar-refractivity contribution in [2.45, 2.75) is 69.5 Å². The standard InChI is InChI=1S/C31H35ClFN3O4S/c1-3-29(31(38)34-24-9-7-8-10-24)35(20-23-15-13-22(2)14-16-23)30(37)21-36(25-17-18-28(33)27(32)19-25)41(39,40)26-11-5-4-6-12-26/h4-6,11-19,24,29H,3,7-10,20-21H2,1-2H3,(H,34,38)/t29-/m0/s1. The van der Waals surface area contributed by atoms with Gasteiger partial charge in [-0.25, -0.2) is 12.8 Å². The van der Waals surface area contributed by atoms with E-state index in [-0.39, 0.29) is 34.1 Å². The van der Waals surface area contributed by atoms with E-state index in [0.717, 1.165) is 47.2 Å². The zero-order valence-electron chi connectivity index (χ0n) is 23.2. The summed E-state index contributed by atoms with van der Waals surface area (Å²) < 4.78 is 42.6. The van der Waals surface area contributed by atoms with Crippen LogP contribution in [0.4, 0.5) is 10.1 Å². The van der Waals surface area contributed by atoms with Gasteiger partial charge in [-0.3, -0.25) is 13.9 Å². The number of rotatable bonds is 11. The molecule has 0 spiro atoms. The fraction of sp³-hybridized carbons (Fsp3) is 0.355. The van der Waals surface area contributed by atoms with Crippen molar-refractivity contribution in [3.8, 4) is 0 Å². The van der Waals surface area contributed by atoms with Crippen LogP contribution in [-0.4, -0.2) is 43.8 Å². The van der Waals surface area contributed by atoms with Crippen LogP contribution in [-0.2, 0) is 26.2 Å². The van der Waals surface area contributed by atoms with E-state index >= 15 is 0 Å². The first kappa shape index (κ1) is 30.5. The number of aryl methyl sites for hydroxylation is 1. The second kappa shape index (κ2) is 13.5. The van der Waals surface area contributed by atoms with Gasteiger partial charge in [-0.2, -0.15) is 0 Å². The van der Waals surface area contributed by atoms with Crippen molar-refractivity contribution in [1.82, 2.24) is 10.2 Å². The van der Waals surface area contributed by atoms with Crippen LogP contribution in [0.3, 0.4) is 0 Å². The van der Waals surface area contributed by atoms with Gasteiger partial charge in [-0.15, -0.1) is 0 Å². The highest BCUT2D eigenvalue weighted by Gasteiger charge is 2.34. The highest BCUT2D eigenvalue weighted by atomic mass is 35.5. The molecule has 1 aliphatic carbocycles. The predicted octanol–water partition coefficient (Wildman–Crippen LogP) is 5.85. The van der Waals surface area contributed by atoms with Crippen LogP contribution in [0.1, 0.15) is 50.2 Å². The lowest BCUT2D eigenvalue weighted by atomic mass is 10.1. The summed E-state index contributed by atoms with van der Waals surface area (Å²) in [7, 11) is -4.26. The molecule has 1 N–H and O–H groups in total. The normalized spacial score (nSPS) is 14.4. The van der Waals surface area contributed by atoms with Crippen LogP contribution in [0.5, 0.6) is 0 Å². The van der Waals surface area contributed by atoms with Crippen LogP contribution in [0.15, 0.2) is 77.7 Å². The molecule has 0 aliphatic heterocycles. The average Bonchev–Trinajstić information content (AvgIpc) is 3.47. The number of hydrogen-bond acceptors (Lipinski definition) is 4. The van der Waals surface area contributed by atoms with Crippen molar-refractivity contribution in [3.63, 3.8) is 0 Å². The molecule has 10 heteroatoms. The molecule has 3 aromatic rings. The summed E-state index contributed by atoms with van der Waals surface area (Å²) in [5, 5.41) is 2.82. The molecule has 1 fully saturated rings. The molecule has 1 saturated carbocycles. The highest BCUT2D eigenvalue weighted by molar-refractivity contribution is 7.92. The third kappa shape index (κ3) is 7.45. The van der Waals surface area contributed by atoms with Crippen LogP contribution in [0, 0.1) is 12.7 Å². The van der Waals surface area contributed by atoms with E-state index in [4.69, 9.17) is 11.6 Å². The van der Waals surface area contributed by atoms with E-state index in [1.165, 1.54) is 29.2 Å². The van der Waals surface area contributed by atoms with E-state index in [1.54, 1.807) is 18.2 Å². The number of nitrogens with zero attached hydrogens (tertiary/aromatic N) is 2. The summed E-state index contributed by atoms with van der Waals surface area (Å²) in [5.74, 6) is -1.55. The number of carbonyl (C=O) groups is 2. The minimum absolute atomic E-state index is 0.0346. The van der Waals surface area contributed by atoms with Gasteiger partial charge in [0, 0.05) is 12.6 Å². The lowest BCUT2D eigenvalue weighted by molar-refractivity contribution is -0.140. The van der Waals surface area contributed by atoms with E-state index in [1.807, 2.05) is 38.1 Å². The van der Waals surface area contributed by atoms with E-state index < -0.39 is 34.3 Å². The number of amides is 2. The molecule has 0 unspecified atom stereocenters. The number of hydrogen-bond donors (Lipinski definition) is 1. The number of halogens is 2. The van der Waals surface area contributed by atoms with Crippen molar-refractivity contribution in [1.29, 1.82) is 0 Å². The van der Waals surface area contributed by atoms with Gasteiger partial charge in [-0.05, 0) is 62.1 Å². The minimum atomic E-state index is -4.26. The molecule has 0 radical (unpaired) electrons. The van der Waals surface area contributed by atoms with Gasteiger partial charge in [0.2, 0.25) is 11.8 Å². The molecule has 7 nitrogen and oxygen atoms in total. The molecular weight excluding hydrogens is 565 g/mol. The average molecular weight is 600 g/mol. The molecule has 41 heavy (non-hydrogen) atoms. The maximum absolute atomic E-state index is 14.1. The summed E-state index contributed by atoms with van der Waals surface area (Å²) in [6, 6.07) is 18.0. The molecule has 4 rings (SSSR count). The van der Waals surface area contributed by atoms with Gasteiger partial charge in [0.1, 0.15) is 18.4 Å². The minimum Gasteiger partial charge on any atom is -0.352 e. The highest BCUT2D eigenvalue weighted by Crippen LogP contribution is 2.28. The third-order valence-electron chi connectivity index (χ3n) is 7.36. The van der Waals surface area contributed by atoms with E-state index in [9.17, 15) is 22.4 Å². The molecule has 0 saturated heterocycles. The second-order valence-corrected chi connectivity index (χ2v) is 12.6. The molecular formula is C31H35ClFN3O4S. The Bertz CT molecular complexity index is 1460. The van der Waals surface area contributed by atoms with Crippen LogP contribution in [0.2, 0.25) is 5.02 Å². The molecule has 2 amide bonds. The summed E-state index contributed by atoms with van der Waals surface area (Å²) in [5.41, 5.74) is 1.89. The zero-order valence-corrected chi connectivity index (χ0v) is 24.8. The van der Waals surface area contributed by atoms with E-state index in [2.05, 4.69) is 5.32 Å². The smallest absolute Gasteiger partial charge is 0.264 e. The fourth-order valence-electron chi connectivity index (χ4n) is 5.07. The van der Waals surface area contributed by atoms with Crippen LogP contribution < -0.4 is 9.62 Å². The Balaban J connectivity index is 1.72. The van der Waals surface area contributed by atoms with Crippen molar-refractivity contribution in [2.75, 3.05) is 10.8 Å². The second-order valence-electron chi connectivity index (χ2n) is 10.3. The molecule has 0 aromatic heterocycles.